The third-order valence-electron chi connectivity index (χ3n) is 7.58. The van der Waals surface area contributed by atoms with E-state index in [9.17, 15) is 0 Å². The Hall–Kier alpha value is -4.78. The minimum absolute atomic E-state index is 0.144. The molecule has 42 heavy (non-hydrogen) atoms. The second-order valence-corrected chi connectivity index (χ2v) is 10.7. The molecule has 6 aromatic carbocycles. The maximum absolute atomic E-state index is 6.28. The van der Waals surface area contributed by atoms with Crippen molar-refractivity contribution in [2.45, 2.75) is 18.8 Å². The summed E-state index contributed by atoms with van der Waals surface area (Å²) in [6.07, 6.45) is 1.00. The van der Waals surface area contributed by atoms with Gasteiger partial charge in [0.1, 0.15) is 47.2 Å². The van der Waals surface area contributed by atoms with Crippen LogP contribution in [0.15, 0.2) is 109 Å². The van der Waals surface area contributed by atoms with E-state index in [0.29, 0.717) is 6.61 Å². The predicted molar refractivity (Wildman–Crippen MR) is 162 cm³/mol. The van der Waals surface area contributed by atoms with Crippen LogP contribution in [0.3, 0.4) is 0 Å². The van der Waals surface area contributed by atoms with Crippen LogP contribution in [0.25, 0.3) is 32.3 Å². The van der Waals surface area contributed by atoms with Crippen LogP contribution in [0.5, 0.6) is 34.5 Å². The molecule has 2 fully saturated rings. The van der Waals surface area contributed by atoms with Crippen LogP contribution in [-0.2, 0) is 9.47 Å². The van der Waals surface area contributed by atoms with Gasteiger partial charge in [-0.3, -0.25) is 0 Å². The Bertz CT molecular complexity index is 1920. The third kappa shape index (κ3) is 5.42. The van der Waals surface area contributed by atoms with E-state index >= 15 is 0 Å². The number of hydrogen-bond acceptors (Lipinski definition) is 6. The topological polar surface area (TPSA) is 58.7 Å². The zero-order valence-corrected chi connectivity index (χ0v) is 22.8. The molecule has 2 saturated heterocycles. The quantitative estimate of drug-likeness (QED) is 0.166. The van der Waals surface area contributed by atoms with Crippen molar-refractivity contribution in [1.29, 1.82) is 0 Å². The number of benzene rings is 6. The molecule has 6 heteroatoms. The number of ether oxygens (including phenoxy) is 6. The highest BCUT2D eigenvalue weighted by molar-refractivity contribution is 5.87. The molecule has 2 aliphatic heterocycles. The smallest absolute Gasteiger partial charge is 0.202 e. The summed E-state index contributed by atoms with van der Waals surface area (Å²) in [6.45, 7) is 2.12. The van der Waals surface area contributed by atoms with E-state index in [2.05, 4.69) is 36.4 Å². The van der Waals surface area contributed by atoms with E-state index in [1.807, 2.05) is 72.8 Å². The Kier molecular flexibility index (Phi) is 6.28. The molecule has 0 radical (unpaired) electrons. The highest BCUT2D eigenvalue weighted by Gasteiger charge is 2.23. The van der Waals surface area contributed by atoms with Crippen molar-refractivity contribution in [1.82, 2.24) is 0 Å². The van der Waals surface area contributed by atoms with E-state index in [1.165, 1.54) is 0 Å². The Morgan fingerprint density at radius 2 is 0.905 bits per heavy atom. The first-order chi connectivity index (χ1) is 20.7. The molecule has 2 heterocycles. The lowest BCUT2D eigenvalue weighted by molar-refractivity contribution is -0.165. The van der Waals surface area contributed by atoms with E-state index < -0.39 is 0 Å². The van der Waals surface area contributed by atoms with Gasteiger partial charge in [-0.25, -0.2) is 0 Å². The lowest BCUT2D eigenvalue weighted by Crippen LogP contribution is -2.32. The van der Waals surface area contributed by atoms with Crippen LogP contribution in [0.1, 0.15) is 6.42 Å². The molecule has 0 saturated carbocycles. The molecule has 0 aliphatic carbocycles. The van der Waals surface area contributed by atoms with Gasteiger partial charge in [-0.05, 0) is 105 Å². The lowest BCUT2D eigenvalue weighted by atomic mass is 10.1. The first-order valence-corrected chi connectivity index (χ1v) is 14.2. The van der Waals surface area contributed by atoms with Gasteiger partial charge in [-0.2, -0.15) is 0 Å². The summed E-state index contributed by atoms with van der Waals surface area (Å²) in [7, 11) is 0. The molecule has 0 spiro atoms. The van der Waals surface area contributed by atoms with Gasteiger partial charge in [0.2, 0.25) is 6.29 Å². The van der Waals surface area contributed by atoms with Crippen LogP contribution >= 0.6 is 0 Å². The van der Waals surface area contributed by atoms with Crippen LogP contribution < -0.4 is 18.9 Å². The summed E-state index contributed by atoms with van der Waals surface area (Å²) in [5.74, 6) is 4.66. The van der Waals surface area contributed by atoms with E-state index in [1.54, 1.807) is 0 Å². The van der Waals surface area contributed by atoms with Crippen molar-refractivity contribution in [3.63, 3.8) is 0 Å². The molecule has 2 aliphatic rings. The number of hydrogen-bond donors (Lipinski definition) is 0. The van der Waals surface area contributed by atoms with Crippen molar-refractivity contribution in [2.24, 2.45) is 0 Å². The Labute approximate surface area is 242 Å². The Morgan fingerprint density at radius 1 is 0.500 bits per heavy atom. The average molecular weight is 557 g/mol. The normalized spacial score (nSPS) is 17.6. The van der Waals surface area contributed by atoms with Crippen molar-refractivity contribution in [3.8, 4) is 34.5 Å². The number of rotatable bonds is 9. The largest absolute Gasteiger partial charge is 0.491 e. The molecule has 6 nitrogen and oxygen atoms in total. The predicted octanol–water partition coefficient (Wildman–Crippen LogP) is 8.63. The second kappa shape index (κ2) is 10.6. The fraction of sp³-hybridized carbons (Fsp3) is 0.167. The van der Waals surface area contributed by atoms with Gasteiger partial charge in [-0.1, -0.05) is 36.4 Å². The molecule has 2 atom stereocenters. The zero-order chi connectivity index (χ0) is 27.9. The highest BCUT2D eigenvalue weighted by atomic mass is 16.7. The van der Waals surface area contributed by atoms with Crippen molar-refractivity contribution < 1.29 is 28.4 Å². The summed E-state index contributed by atoms with van der Waals surface area (Å²) in [5.41, 5.74) is 0. The van der Waals surface area contributed by atoms with Crippen molar-refractivity contribution in [2.75, 3.05) is 19.8 Å². The van der Waals surface area contributed by atoms with E-state index in [4.69, 9.17) is 28.4 Å². The minimum atomic E-state index is -0.144. The van der Waals surface area contributed by atoms with Gasteiger partial charge < -0.3 is 28.4 Å². The molecule has 8 rings (SSSR count). The molecule has 208 valence electrons. The standard InChI is InChI=1S/C36H28O6/c1-7-29(38-21-35-22-39-35)15-26-16-30(8-2-23(1)26)40-31-9-3-24-4-10-32(18-27(24)17-31)41-33-11-5-25-6-12-34(20-28(25)19-33)42-36-13-14-37-36/h1-12,15-20,35-36H,13-14,21-22H2. The molecule has 0 bridgehead atoms. The maximum atomic E-state index is 6.28. The average Bonchev–Trinajstić information content (AvgIpc) is 3.82. The van der Waals surface area contributed by atoms with Crippen molar-refractivity contribution in [3.05, 3.63) is 109 Å². The molecular weight excluding hydrogens is 528 g/mol. The van der Waals surface area contributed by atoms with Crippen LogP contribution in [0.4, 0.5) is 0 Å². The lowest BCUT2D eigenvalue weighted by Gasteiger charge is -2.26. The fourth-order valence-corrected chi connectivity index (χ4v) is 5.11. The first-order valence-electron chi connectivity index (χ1n) is 14.2. The zero-order valence-electron chi connectivity index (χ0n) is 22.8. The second-order valence-electron chi connectivity index (χ2n) is 10.7. The minimum Gasteiger partial charge on any atom is -0.491 e. The van der Waals surface area contributed by atoms with Gasteiger partial charge in [0.25, 0.3) is 0 Å². The third-order valence-corrected chi connectivity index (χ3v) is 7.58. The molecule has 0 N–H and O–H groups in total. The summed E-state index contributed by atoms with van der Waals surface area (Å²) in [5, 5.41) is 6.49. The monoisotopic (exact) mass is 556 g/mol. The number of fused-ring (bicyclic) bond motifs is 3. The SMILES string of the molecule is c1cc2ccc(Oc3ccc4ccc(Oc5ccc6ccc(OC7CCO7)cc6c5)cc4c3)cc2cc1OCC1CO1. The Morgan fingerprint density at radius 3 is 1.33 bits per heavy atom. The van der Waals surface area contributed by atoms with Crippen LogP contribution in [-0.4, -0.2) is 32.2 Å². The van der Waals surface area contributed by atoms with Crippen molar-refractivity contribution >= 4 is 32.3 Å². The van der Waals surface area contributed by atoms with E-state index in [0.717, 1.165) is 86.4 Å². The fourth-order valence-electron chi connectivity index (χ4n) is 5.11. The molecule has 0 amide bonds. The van der Waals surface area contributed by atoms with Crippen LogP contribution in [0, 0.1) is 0 Å². The summed E-state index contributed by atoms with van der Waals surface area (Å²) in [6, 6.07) is 36.5. The molecule has 2 unspecified atom stereocenters. The molecule has 0 aromatic heterocycles. The summed E-state index contributed by atoms with van der Waals surface area (Å²) >= 11 is 0. The van der Waals surface area contributed by atoms with Gasteiger partial charge in [0.15, 0.2) is 0 Å². The summed E-state index contributed by atoms with van der Waals surface area (Å²) < 4.78 is 34.9. The Balaban J connectivity index is 1.00. The van der Waals surface area contributed by atoms with Crippen LogP contribution in [0.2, 0.25) is 0 Å². The van der Waals surface area contributed by atoms with Gasteiger partial charge in [0.05, 0.1) is 13.2 Å². The van der Waals surface area contributed by atoms with E-state index in [-0.39, 0.29) is 12.4 Å². The summed E-state index contributed by atoms with van der Waals surface area (Å²) in [4.78, 5) is 0. The highest BCUT2D eigenvalue weighted by Crippen LogP contribution is 2.34. The maximum Gasteiger partial charge on any atom is 0.202 e. The number of epoxide rings is 1. The molecular formula is C36H28O6. The molecule has 6 aromatic rings. The van der Waals surface area contributed by atoms with Gasteiger partial charge >= 0.3 is 0 Å². The first kappa shape index (κ1) is 25.0. The van der Waals surface area contributed by atoms with Gasteiger partial charge in [-0.15, -0.1) is 0 Å². The van der Waals surface area contributed by atoms with Gasteiger partial charge in [0, 0.05) is 6.42 Å².